The van der Waals surface area contributed by atoms with Gasteiger partial charge in [0.1, 0.15) is 0 Å². The summed E-state index contributed by atoms with van der Waals surface area (Å²) >= 11 is 1.76. The van der Waals surface area contributed by atoms with E-state index in [0.717, 1.165) is 43.9 Å². The van der Waals surface area contributed by atoms with Crippen molar-refractivity contribution in [2.45, 2.75) is 26.2 Å². The number of thioether (sulfide) groups is 1. The normalized spacial score (nSPS) is 18.1. The third-order valence-corrected chi connectivity index (χ3v) is 4.92. The first-order valence-electron chi connectivity index (χ1n) is 7.00. The maximum Gasteiger partial charge on any atom is 0.317 e. The summed E-state index contributed by atoms with van der Waals surface area (Å²) < 4.78 is 0. The molecule has 1 fully saturated rings. The van der Waals surface area contributed by atoms with Gasteiger partial charge in [0.05, 0.1) is 0 Å². The Hall–Kier alpha value is -0.680. The number of rotatable bonds is 7. The number of nitrogens with one attached hydrogen (secondary N) is 1. The minimum absolute atomic E-state index is 0.0295. The van der Waals surface area contributed by atoms with Crippen LogP contribution in [0.5, 0.6) is 0 Å². The number of carbonyl (C=O) groups is 1. The SMILES string of the molecule is C=CCSCCNC(=O)N1CCC(CC)(CO)CC1. The number of urea groups is 1. The lowest BCUT2D eigenvalue weighted by molar-refractivity contribution is 0.0521. The summed E-state index contributed by atoms with van der Waals surface area (Å²) in [5.41, 5.74) is 0.0383. The zero-order valence-electron chi connectivity index (χ0n) is 11.9. The van der Waals surface area contributed by atoms with E-state index in [4.69, 9.17) is 0 Å². The predicted molar refractivity (Wildman–Crippen MR) is 81.5 cm³/mol. The summed E-state index contributed by atoms with van der Waals surface area (Å²) in [4.78, 5) is 13.8. The van der Waals surface area contributed by atoms with Crippen molar-refractivity contribution >= 4 is 17.8 Å². The lowest BCUT2D eigenvalue weighted by atomic mass is 9.77. The minimum atomic E-state index is 0.0295. The highest BCUT2D eigenvalue weighted by molar-refractivity contribution is 7.99. The molecule has 1 aliphatic rings. The number of amides is 2. The van der Waals surface area contributed by atoms with Gasteiger partial charge < -0.3 is 15.3 Å². The Morgan fingerprint density at radius 2 is 2.21 bits per heavy atom. The quantitative estimate of drug-likeness (QED) is 0.556. The highest BCUT2D eigenvalue weighted by Crippen LogP contribution is 2.34. The first-order valence-corrected chi connectivity index (χ1v) is 8.15. The molecule has 0 bridgehead atoms. The fourth-order valence-corrected chi connectivity index (χ4v) is 2.90. The minimum Gasteiger partial charge on any atom is -0.396 e. The van der Waals surface area contributed by atoms with Crippen molar-refractivity contribution in [2.24, 2.45) is 5.41 Å². The van der Waals surface area contributed by atoms with Crippen molar-refractivity contribution in [1.82, 2.24) is 10.2 Å². The maximum absolute atomic E-state index is 11.9. The van der Waals surface area contributed by atoms with E-state index in [2.05, 4.69) is 18.8 Å². The van der Waals surface area contributed by atoms with Crippen LogP contribution in [-0.4, -0.2) is 53.8 Å². The molecule has 0 radical (unpaired) electrons. The Morgan fingerprint density at radius 1 is 1.53 bits per heavy atom. The van der Waals surface area contributed by atoms with Crippen LogP contribution in [0.25, 0.3) is 0 Å². The van der Waals surface area contributed by atoms with Crippen LogP contribution in [0.2, 0.25) is 0 Å². The second-order valence-electron chi connectivity index (χ2n) is 5.09. The summed E-state index contributed by atoms with van der Waals surface area (Å²) in [6.07, 6.45) is 4.66. The molecule has 0 spiro atoms. The molecule has 5 heteroatoms. The Bertz CT molecular complexity index is 283. The smallest absolute Gasteiger partial charge is 0.317 e. The number of hydrogen-bond donors (Lipinski definition) is 2. The van der Waals surface area contributed by atoms with Crippen LogP contribution in [0, 0.1) is 5.41 Å². The molecule has 1 aliphatic heterocycles. The van der Waals surface area contributed by atoms with Crippen LogP contribution < -0.4 is 5.32 Å². The predicted octanol–water partition coefficient (Wildman–Crippen LogP) is 2.10. The van der Waals surface area contributed by atoms with Crippen molar-refractivity contribution in [2.75, 3.05) is 37.7 Å². The van der Waals surface area contributed by atoms with Gasteiger partial charge in [-0.25, -0.2) is 4.79 Å². The van der Waals surface area contributed by atoms with Gasteiger partial charge in [-0.2, -0.15) is 11.8 Å². The average Bonchev–Trinajstić information content (AvgIpc) is 2.47. The van der Waals surface area contributed by atoms with Gasteiger partial charge in [0.2, 0.25) is 0 Å². The van der Waals surface area contributed by atoms with E-state index in [0.29, 0.717) is 6.54 Å². The van der Waals surface area contributed by atoms with Crippen molar-refractivity contribution in [1.29, 1.82) is 0 Å². The van der Waals surface area contributed by atoms with E-state index < -0.39 is 0 Å². The fraction of sp³-hybridized carbons (Fsp3) is 0.786. The summed E-state index contributed by atoms with van der Waals surface area (Å²) in [6.45, 7) is 8.21. The average molecular weight is 286 g/mol. The first kappa shape index (κ1) is 16.4. The van der Waals surface area contributed by atoms with Crippen LogP contribution in [0.15, 0.2) is 12.7 Å². The van der Waals surface area contributed by atoms with Gasteiger partial charge >= 0.3 is 6.03 Å². The molecule has 0 aromatic heterocycles. The Labute approximate surface area is 120 Å². The van der Waals surface area contributed by atoms with Crippen molar-refractivity contribution < 1.29 is 9.90 Å². The molecule has 2 N–H and O–H groups in total. The van der Waals surface area contributed by atoms with Crippen LogP contribution >= 0.6 is 11.8 Å². The second-order valence-corrected chi connectivity index (χ2v) is 6.24. The van der Waals surface area contributed by atoms with Gasteiger partial charge in [0, 0.05) is 37.7 Å². The van der Waals surface area contributed by atoms with Gasteiger partial charge in [-0.05, 0) is 24.7 Å². The zero-order chi connectivity index (χ0) is 14.1. The molecule has 1 heterocycles. The van der Waals surface area contributed by atoms with Crippen molar-refractivity contribution in [3.8, 4) is 0 Å². The zero-order valence-corrected chi connectivity index (χ0v) is 12.7. The van der Waals surface area contributed by atoms with Crippen molar-refractivity contribution in [3.63, 3.8) is 0 Å². The highest BCUT2D eigenvalue weighted by Gasteiger charge is 2.33. The first-order chi connectivity index (χ1) is 9.17. The largest absolute Gasteiger partial charge is 0.396 e. The number of nitrogens with zero attached hydrogens (tertiary/aromatic N) is 1. The Kier molecular flexibility index (Phi) is 7.31. The number of carbonyl (C=O) groups excluding carboxylic acids is 1. The van der Waals surface area contributed by atoms with Gasteiger partial charge in [-0.15, -0.1) is 6.58 Å². The summed E-state index contributed by atoms with van der Waals surface area (Å²) in [6, 6.07) is 0.0295. The Morgan fingerprint density at radius 3 is 2.74 bits per heavy atom. The second kappa shape index (κ2) is 8.48. The molecule has 0 aliphatic carbocycles. The highest BCUT2D eigenvalue weighted by atomic mass is 32.2. The van der Waals surface area contributed by atoms with E-state index in [-0.39, 0.29) is 18.1 Å². The molecule has 0 saturated carbocycles. The molecular weight excluding hydrogens is 260 g/mol. The van der Waals surface area contributed by atoms with E-state index in [9.17, 15) is 9.90 Å². The Balaban J connectivity index is 2.23. The molecule has 0 unspecified atom stereocenters. The molecule has 4 nitrogen and oxygen atoms in total. The monoisotopic (exact) mass is 286 g/mol. The van der Waals surface area contributed by atoms with E-state index in [1.165, 1.54) is 0 Å². The lowest BCUT2D eigenvalue weighted by Crippen LogP contribution is -2.48. The van der Waals surface area contributed by atoms with Crippen LogP contribution in [0.1, 0.15) is 26.2 Å². The number of aliphatic hydroxyl groups is 1. The summed E-state index contributed by atoms with van der Waals surface area (Å²) in [5, 5.41) is 12.4. The molecule has 0 aromatic rings. The van der Waals surface area contributed by atoms with Crippen molar-refractivity contribution in [3.05, 3.63) is 12.7 Å². The van der Waals surface area contributed by atoms with Gasteiger partial charge in [-0.1, -0.05) is 13.0 Å². The van der Waals surface area contributed by atoms with Gasteiger partial charge in [-0.3, -0.25) is 0 Å². The molecular formula is C14H26N2O2S. The van der Waals surface area contributed by atoms with E-state index in [1.807, 2.05) is 11.0 Å². The van der Waals surface area contributed by atoms with Crippen LogP contribution in [0.4, 0.5) is 4.79 Å². The summed E-state index contributed by atoms with van der Waals surface area (Å²) in [5.74, 6) is 1.84. The molecule has 1 saturated heterocycles. The molecule has 1 rings (SSSR count). The standard InChI is InChI=1S/C14H26N2O2S/c1-3-10-19-11-7-15-13(18)16-8-5-14(4-2,12-17)6-9-16/h3,17H,1,4-12H2,2H3,(H,15,18). The number of aliphatic hydroxyl groups excluding tert-OH is 1. The molecule has 0 aromatic carbocycles. The third kappa shape index (κ3) is 5.07. The van der Waals surface area contributed by atoms with E-state index in [1.54, 1.807) is 11.8 Å². The maximum atomic E-state index is 11.9. The topological polar surface area (TPSA) is 52.6 Å². The van der Waals surface area contributed by atoms with Crippen LogP contribution in [-0.2, 0) is 0 Å². The summed E-state index contributed by atoms with van der Waals surface area (Å²) in [7, 11) is 0. The van der Waals surface area contributed by atoms with Gasteiger partial charge in [0.15, 0.2) is 0 Å². The lowest BCUT2D eigenvalue weighted by Gasteiger charge is -2.40. The van der Waals surface area contributed by atoms with Gasteiger partial charge in [0.25, 0.3) is 0 Å². The number of hydrogen-bond acceptors (Lipinski definition) is 3. The third-order valence-electron chi connectivity index (χ3n) is 3.96. The van der Waals surface area contributed by atoms with E-state index >= 15 is 0 Å². The number of piperidine rings is 1. The molecule has 19 heavy (non-hydrogen) atoms. The fourth-order valence-electron chi connectivity index (χ4n) is 2.32. The van der Waals surface area contributed by atoms with Crippen LogP contribution in [0.3, 0.4) is 0 Å². The molecule has 0 atom stereocenters. The molecule has 110 valence electrons. The number of likely N-dealkylation sites (tertiary alicyclic amines) is 1. The molecule has 2 amide bonds.